The van der Waals surface area contributed by atoms with Crippen LogP contribution in [0.1, 0.15) is 0 Å². The average Bonchev–Trinajstić information content (AvgIpc) is 1.38. The molecule has 0 amide bonds. The van der Waals surface area contributed by atoms with Gasteiger partial charge in [-0.25, -0.2) is 0 Å². The van der Waals surface area contributed by atoms with E-state index in [1.807, 2.05) is 5.98 Å². The molecule has 0 rings (SSSR count). The Morgan fingerprint density at radius 1 is 1.60 bits per heavy atom. The van der Waals surface area contributed by atoms with Gasteiger partial charge in [-0.15, -0.1) is 12.6 Å². The van der Waals surface area contributed by atoms with E-state index in [2.05, 4.69) is 20.2 Å². The molecule has 1 heteroatoms. The molecule has 0 aliphatic carbocycles. The molecule has 0 bridgehead atoms. The van der Waals surface area contributed by atoms with Crippen molar-refractivity contribution in [3.05, 3.63) is 12.6 Å². The van der Waals surface area contributed by atoms with Gasteiger partial charge >= 0.3 is 0 Å². The molecule has 0 nitrogen and oxygen atoms in total. The first-order valence-electron chi connectivity index (χ1n) is 1.90. The SMILES string of the molecule is C=CB(C)C. The second kappa shape index (κ2) is 2.07. The van der Waals surface area contributed by atoms with Crippen molar-refractivity contribution in [1.29, 1.82) is 0 Å². The van der Waals surface area contributed by atoms with E-state index < -0.39 is 0 Å². The molecule has 0 heterocycles. The highest BCUT2D eigenvalue weighted by atomic mass is 13.3. The summed E-state index contributed by atoms with van der Waals surface area (Å²) in [6.07, 6.45) is 0. The van der Waals surface area contributed by atoms with Crippen LogP contribution in [-0.4, -0.2) is 6.71 Å². The van der Waals surface area contributed by atoms with Crippen LogP contribution in [-0.2, 0) is 0 Å². The Morgan fingerprint density at radius 2 is 1.80 bits per heavy atom. The Balaban J connectivity index is 2.83. The third kappa shape index (κ3) is 3.80. The van der Waals surface area contributed by atoms with Gasteiger partial charge in [-0.2, -0.15) is 0 Å². The van der Waals surface area contributed by atoms with E-state index in [1.54, 1.807) is 0 Å². The molecule has 0 aromatic rings. The highest BCUT2D eigenvalue weighted by molar-refractivity contribution is 6.61. The van der Waals surface area contributed by atoms with Crippen LogP contribution in [0.25, 0.3) is 0 Å². The summed E-state index contributed by atoms with van der Waals surface area (Å²) in [7, 11) is 0. The van der Waals surface area contributed by atoms with Crippen LogP contribution in [0.3, 0.4) is 0 Å². The molecule has 0 fully saturated rings. The van der Waals surface area contributed by atoms with Gasteiger partial charge in [-0.1, -0.05) is 13.6 Å². The molecule has 0 saturated carbocycles. The maximum Gasteiger partial charge on any atom is 0.159 e. The maximum atomic E-state index is 3.56. The molecule has 0 unspecified atom stereocenters. The minimum absolute atomic E-state index is 0.648. The lowest BCUT2D eigenvalue weighted by Gasteiger charge is -1.77. The van der Waals surface area contributed by atoms with Crippen LogP contribution in [0.4, 0.5) is 0 Å². The second-order valence-corrected chi connectivity index (χ2v) is 1.48. The number of hydrogen-bond acceptors (Lipinski definition) is 0. The van der Waals surface area contributed by atoms with Crippen molar-refractivity contribution in [2.75, 3.05) is 0 Å². The van der Waals surface area contributed by atoms with E-state index in [0.717, 1.165) is 0 Å². The van der Waals surface area contributed by atoms with Crippen LogP contribution in [0.15, 0.2) is 12.6 Å². The fourth-order valence-corrected chi connectivity index (χ4v) is 0. The fourth-order valence-electron chi connectivity index (χ4n) is 0. The van der Waals surface area contributed by atoms with Gasteiger partial charge in [0, 0.05) is 0 Å². The minimum Gasteiger partial charge on any atom is -0.123 e. The summed E-state index contributed by atoms with van der Waals surface area (Å²) in [6.45, 7) is 8.42. The van der Waals surface area contributed by atoms with E-state index in [1.165, 1.54) is 0 Å². The first-order valence-corrected chi connectivity index (χ1v) is 1.90. The molecule has 0 atom stereocenters. The smallest absolute Gasteiger partial charge is 0.123 e. The van der Waals surface area contributed by atoms with Crippen molar-refractivity contribution in [3.8, 4) is 0 Å². The van der Waals surface area contributed by atoms with E-state index >= 15 is 0 Å². The van der Waals surface area contributed by atoms with Gasteiger partial charge in [0.25, 0.3) is 0 Å². The standard InChI is InChI=1S/C4H9B/c1-4-5(2)3/h4H,1H2,2-3H3. The predicted octanol–water partition coefficient (Wildman–Crippen LogP) is 1.47. The zero-order valence-corrected chi connectivity index (χ0v) is 3.86. The lowest BCUT2D eigenvalue weighted by Crippen LogP contribution is -1.89. The lowest BCUT2D eigenvalue weighted by molar-refractivity contribution is 2.00. The van der Waals surface area contributed by atoms with Crippen LogP contribution in [0.2, 0.25) is 13.6 Å². The van der Waals surface area contributed by atoms with Crippen molar-refractivity contribution in [2.45, 2.75) is 13.6 Å². The summed E-state index contributed by atoms with van der Waals surface area (Å²) in [4.78, 5) is 0. The largest absolute Gasteiger partial charge is 0.159 e. The summed E-state index contributed by atoms with van der Waals surface area (Å²) in [5, 5.41) is 0. The Morgan fingerprint density at radius 3 is 1.80 bits per heavy atom. The summed E-state index contributed by atoms with van der Waals surface area (Å²) < 4.78 is 0. The Labute approximate surface area is 34.0 Å². The molecular weight excluding hydrogens is 58.9 g/mol. The molecule has 0 N–H and O–H groups in total. The molecule has 0 aliphatic rings. The van der Waals surface area contributed by atoms with Gasteiger partial charge < -0.3 is 0 Å². The van der Waals surface area contributed by atoms with Crippen molar-refractivity contribution in [3.63, 3.8) is 0 Å². The highest BCUT2D eigenvalue weighted by Crippen LogP contribution is 1.73. The van der Waals surface area contributed by atoms with Gasteiger partial charge in [0.1, 0.15) is 0 Å². The zero-order valence-electron chi connectivity index (χ0n) is 3.86. The maximum absolute atomic E-state index is 3.56. The molecule has 28 valence electrons. The molecule has 0 aliphatic heterocycles. The summed E-state index contributed by atoms with van der Waals surface area (Å²) in [6, 6.07) is 0. The van der Waals surface area contributed by atoms with Gasteiger partial charge in [-0.05, 0) is 0 Å². The van der Waals surface area contributed by atoms with Gasteiger partial charge in [0.15, 0.2) is 6.71 Å². The number of rotatable bonds is 1. The fraction of sp³-hybridized carbons (Fsp3) is 0.500. The molecule has 0 aromatic carbocycles. The average molecular weight is 67.9 g/mol. The van der Waals surface area contributed by atoms with E-state index in [4.69, 9.17) is 0 Å². The zero-order chi connectivity index (χ0) is 4.28. The van der Waals surface area contributed by atoms with Crippen molar-refractivity contribution >= 4 is 6.71 Å². The summed E-state index contributed by atoms with van der Waals surface area (Å²) in [5.74, 6) is 1.92. The van der Waals surface area contributed by atoms with E-state index in [0.29, 0.717) is 6.71 Å². The van der Waals surface area contributed by atoms with Crippen LogP contribution < -0.4 is 0 Å². The second-order valence-electron chi connectivity index (χ2n) is 1.48. The molecule has 5 heavy (non-hydrogen) atoms. The van der Waals surface area contributed by atoms with E-state index in [9.17, 15) is 0 Å². The Bertz CT molecular complexity index is 30.6. The molecule has 0 aromatic heterocycles. The Hall–Kier alpha value is -0.195. The van der Waals surface area contributed by atoms with Gasteiger partial charge in [-0.3, -0.25) is 0 Å². The van der Waals surface area contributed by atoms with Crippen LogP contribution >= 0.6 is 0 Å². The minimum atomic E-state index is 0.648. The van der Waals surface area contributed by atoms with Crippen molar-refractivity contribution in [2.24, 2.45) is 0 Å². The predicted molar refractivity (Wildman–Crippen MR) is 27.7 cm³/mol. The topological polar surface area (TPSA) is 0 Å². The van der Waals surface area contributed by atoms with Crippen molar-refractivity contribution in [1.82, 2.24) is 0 Å². The van der Waals surface area contributed by atoms with Crippen LogP contribution in [0.5, 0.6) is 0 Å². The quantitative estimate of drug-likeness (QED) is 0.408. The summed E-state index contributed by atoms with van der Waals surface area (Å²) >= 11 is 0. The first kappa shape index (κ1) is 4.80. The first-order chi connectivity index (χ1) is 2.27. The van der Waals surface area contributed by atoms with E-state index in [-0.39, 0.29) is 0 Å². The third-order valence-corrected chi connectivity index (χ3v) is 0.471. The molecule has 0 spiro atoms. The lowest BCUT2D eigenvalue weighted by atomic mass is 9.55. The molecular formula is C4H9B. The number of hydrogen-bond donors (Lipinski definition) is 0. The third-order valence-electron chi connectivity index (χ3n) is 0.471. The molecule has 0 saturated heterocycles. The highest BCUT2D eigenvalue weighted by Gasteiger charge is 1.81. The monoisotopic (exact) mass is 68.1 g/mol. The Kier molecular flexibility index (Phi) is 1.99. The van der Waals surface area contributed by atoms with Crippen LogP contribution in [0, 0.1) is 0 Å². The van der Waals surface area contributed by atoms with Gasteiger partial charge in [0.2, 0.25) is 0 Å². The normalized spacial score (nSPS) is 6.80. The molecule has 0 radical (unpaired) electrons. The van der Waals surface area contributed by atoms with Gasteiger partial charge in [0.05, 0.1) is 0 Å². The van der Waals surface area contributed by atoms with Crippen molar-refractivity contribution < 1.29 is 0 Å². The summed E-state index contributed by atoms with van der Waals surface area (Å²) in [5.41, 5.74) is 0.